The van der Waals surface area contributed by atoms with E-state index in [1.54, 1.807) is 60.9 Å². The molecule has 0 atom stereocenters. The quantitative estimate of drug-likeness (QED) is 0.488. The highest BCUT2D eigenvalue weighted by Gasteiger charge is 2.39. The fraction of sp³-hybridized carbons (Fsp3) is 0.192. The maximum absolute atomic E-state index is 13.5. The Morgan fingerprint density at radius 1 is 1.06 bits per heavy atom. The minimum atomic E-state index is -0.393. The molecule has 6 nitrogen and oxygen atoms in total. The molecule has 2 amide bonds. The zero-order valence-electron chi connectivity index (χ0n) is 18.6. The Labute approximate surface area is 197 Å². The van der Waals surface area contributed by atoms with Gasteiger partial charge in [-0.15, -0.1) is 0 Å². The smallest absolute Gasteiger partial charge is 0.278 e. The molecule has 0 saturated carbocycles. The van der Waals surface area contributed by atoms with Gasteiger partial charge in [-0.3, -0.25) is 19.5 Å². The predicted octanol–water partition coefficient (Wildman–Crippen LogP) is 5.22. The molecule has 7 heteroatoms. The Morgan fingerprint density at radius 3 is 2.45 bits per heavy atom. The second kappa shape index (κ2) is 9.46. The van der Waals surface area contributed by atoms with Crippen LogP contribution in [-0.2, 0) is 16.1 Å². The van der Waals surface area contributed by atoms with E-state index in [0.29, 0.717) is 27.6 Å². The third kappa shape index (κ3) is 4.91. The standard InChI is InChI=1S/C26H24ClN3O3/c1-16(2)33-21-9-6-19(7-10-21)23-24(29-22-11-8-20(27)13-17(22)3)26(32)30(25(23)31)15-18-5-4-12-28-14-18/h4-14,16,29H,15H2,1-3H3. The molecule has 0 aliphatic carbocycles. The number of nitrogens with zero attached hydrogens (tertiary/aromatic N) is 2. The highest BCUT2D eigenvalue weighted by atomic mass is 35.5. The van der Waals surface area contributed by atoms with E-state index >= 15 is 0 Å². The molecule has 0 bridgehead atoms. The van der Waals surface area contributed by atoms with Gasteiger partial charge in [0.1, 0.15) is 11.4 Å². The Kier molecular flexibility index (Phi) is 6.47. The number of ether oxygens (including phenoxy) is 1. The number of benzene rings is 2. The van der Waals surface area contributed by atoms with Crippen molar-refractivity contribution >= 4 is 34.7 Å². The molecule has 1 aliphatic rings. The molecular weight excluding hydrogens is 438 g/mol. The monoisotopic (exact) mass is 461 g/mol. The number of amides is 2. The average Bonchev–Trinajstić information content (AvgIpc) is 3.01. The van der Waals surface area contributed by atoms with Crippen LogP contribution in [0.3, 0.4) is 0 Å². The van der Waals surface area contributed by atoms with E-state index in [-0.39, 0.29) is 24.3 Å². The van der Waals surface area contributed by atoms with Crippen LogP contribution < -0.4 is 10.1 Å². The van der Waals surface area contributed by atoms with E-state index in [2.05, 4.69) is 10.3 Å². The summed E-state index contributed by atoms with van der Waals surface area (Å²) in [6.07, 6.45) is 3.33. The molecule has 33 heavy (non-hydrogen) atoms. The number of pyridine rings is 1. The number of rotatable bonds is 7. The zero-order chi connectivity index (χ0) is 23.5. The summed E-state index contributed by atoms with van der Waals surface area (Å²) in [5, 5.41) is 3.79. The molecule has 3 aromatic rings. The highest BCUT2D eigenvalue weighted by molar-refractivity contribution is 6.36. The van der Waals surface area contributed by atoms with E-state index in [9.17, 15) is 9.59 Å². The molecule has 0 radical (unpaired) electrons. The summed E-state index contributed by atoms with van der Waals surface area (Å²) >= 11 is 6.09. The largest absolute Gasteiger partial charge is 0.491 e. The van der Waals surface area contributed by atoms with Gasteiger partial charge in [0, 0.05) is 23.1 Å². The third-order valence-corrected chi connectivity index (χ3v) is 5.43. The van der Waals surface area contributed by atoms with Crippen LogP contribution in [0.4, 0.5) is 5.69 Å². The second-order valence-electron chi connectivity index (χ2n) is 8.08. The lowest BCUT2D eigenvalue weighted by atomic mass is 10.0. The van der Waals surface area contributed by atoms with Crippen LogP contribution in [0, 0.1) is 6.92 Å². The minimum Gasteiger partial charge on any atom is -0.491 e. The average molecular weight is 462 g/mol. The Balaban J connectivity index is 1.73. The number of aromatic nitrogens is 1. The number of halogens is 1. The topological polar surface area (TPSA) is 71.5 Å². The highest BCUT2D eigenvalue weighted by Crippen LogP contribution is 2.33. The van der Waals surface area contributed by atoms with Gasteiger partial charge in [0.25, 0.3) is 11.8 Å². The summed E-state index contributed by atoms with van der Waals surface area (Å²) in [7, 11) is 0. The van der Waals surface area contributed by atoms with Gasteiger partial charge in [0.05, 0.1) is 18.2 Å². The maximum Gasteiger partial charge on any atom is 0.278 e. The van der Waals surface area contributed by atoms with E-state index in [0.717, 1.165) is 11.1 Å². The van der Waals surface area contributed by atoms with Gasteiger partial charge in [0.2, 0.25) is 0 Å². The van der Waals surface area contributed by atoms with E-state index < -0.39 is 5.91 Å². The zero-order valence-corrected chi connectivity index (χ0v) is 19.4. The number of hydrogen-bond acceptors (Lipinski definition) is 5. The van der Waals surface area contributed by atoms with Crippen LogP contribution in [-0.4, -0.2) is 27.8 Å². The van der Waals surface area contributed by atoms with Crippen molar-refractivity contribution in [2.24, 2.45) is 0 Å². The number of aryl methyl sites for hydroxylation is 1. The van der Waals surface area contributed by atoms with Gasteiger partial charge >= 0.3 is 0 Å². The summed E-state index contributed by atoms with van der Waals surface area (Å²) in [5.74, 6) is -0.0624. The fourth-order valence-corrected chi connectivity index (χ4v) is 3.88. The van der Waals surface area contributed by atoms with E-state index in [4.69, 9.17) is 16.3 Å². The van der Waals surface area contributed by atoms with Gasteiger partial charge in [-0.05, 0) is 73.9 Å². The first kappa shape index (κ1) is 22.6. The van der Waals surface area contributed by atoms with Crippen LogP contribution in [0.25, 0.3) is 5.57 Å². The summed E-state index contributed by atoms with van der Waals surface area (Å²) in [5.41, 5.74) is 3.51. The first-order valence-electron chi connectivity index (χ1n) is 10.6. The summed E-state index contributed by atoms with van der Waals surface area (Å²) in [6.45, 7) is 5.92. The third-order valence-electron chi connectivity index (χ3n) is 5.19. The van der Waals surface area contributed by atoms with Crippen LogP contribution in [0.15, 0.2) is 72.7 Å². The number of carbonyl (C=O) groups excluding carboxylic acids is 2. The first-order chi connectivity index (χ1) is 15.8. The summed E-state index contributed by atoms with van der Waals surface area (Å²) in [6, 6.07) is 16.1. The molecule has 0 unspecified atom stereocenters. The lowest BCUT2D eigenvalue weighted by molar-refractivity contribution is -0.137. The van der Waals surface area contributed by atoms with Crippen LogP contribution in [0.5, 0.6) is 5.75 Å². The predicted molar refractivity (Wildman–Crippen MR) is 129 cm³/mol. The van der Waals surface area contributed by atoms with Crippen molar-refractivity contribution in [1.29, 1.82) is 0 Å². The fourth-order valence-electron chi connectivity index (χ4n) is 3.65. The van der Waals surface area contributed by atoms with Crippen molar-refractivity contribution in [3.05, 3.63) is 94.4 Å². The Bertz CT molecular complexity index is 1220. The lowest BCUT2D eigenvalue weighted by Crippen LogP contribution is -2.32. The Hall–Kier alpha value is -3.64. The molecule has 0 spiro atoms. The lowest BCUT2D eigenvalue weighted by Gasteiger charge is -2.15. The number of imide groups is 1. The molecule has 0 saturated heterocycles. The van der Waals surface area contributed by atoms with Gasteiger partial charge in [0.15, 0.2) is 0 Å². The normalized spacial score (nSPS) is 13.8. The molecule has 168 valence electrons. The first-order valence-corrected chi connectivity index (χ1v) is 11.0. The van der Waals surface area contributed by atoms with Crippen molar-refractivity contribution in [1.82, 2.24) is 9.88 Å². The van der Waals surface area contributed by atoms with Crippen molar-refractivity contribution in [3.8, 4) is 5.75 Å². The molecule has 2 aromatic carbocycles. The van der Waals surface area contributed by atoms with Crippen molar-refractivity contribution < 1.29 is 14.3 Å². The molecule has 4 rings (SSSR count). The number of carbonyl (C=O) groups is 2. The molecule has 1 aliphatic heterocycles. The molecule has 1 N–H and O–H groups in total. The number of nitrogens with one attached hydrogen (secondary N) is 1. The van der Waals surface area contributed by atoms with Crippen LogP contribution in [0.2, 0.25) is 5.02 Å². The number of hydrogen-bond donors (Lipinski definition) is 1. The van der Waals surface area contributed by atoms with E-state index in [1.807, 2.05) is 26.8 Å². The molecule has 0 fully saturated rings. The van der Waals surface area contributed by atoms with Gasteiger partial charge < -0.3 is 10.1 Å². The van der Waals surface area contributed by atoms with Gasteiger partial charge in [-0.2, -0.15) is 0 Å². The Morgan fingerprint density at radius 2 is 1.82 bits per heavy atom. The molecular formula is C26H24ClN3O3. The van der Waals surface area contributed by atoms with Crippen molar-refractivity contribution in [3.63, 3.8) is 0 Å². The van der Waals surface area contributed by atoms with Gasteiger partial charge in [-0.1, -0.05) is 29.8 Å². The second-order valence-corrected chi connectivity index (χ2v) is 8.52. The van der Waals surface area contributed by atoms with Crippen LogP contribution in [0.1, 0.15) is 30.5 Å². The van der Waals surface area contributed by atoms with Crippen LogP contribution >= 0.6 is 11.6 Å². The number of anilines is 1. The van der Waals surface area contributed by atoms with E-state index in [1.165, 1.54) is 4.90 Å². The molecule has 2 heterocycles. The molecule has 1 aromatic heterocycles. The van der Waals surface area contributed by atoms with Crippen molar-refractivity contribution in [2.75, 3.05) is 5.32 Å². The maximum atomic E-state index is 13.5. The minimum absolute atomic E-state index is 0.0323. The SMILES string of the molecule is Cc1cc(Cl)ccc1NC1=C(c2ccc(OC(C)C)cc2)C(=O)N(Cc2cccnc2)C1=O. The van der Waals surface area contributed by atoms with Gasteiger partial charge in [-0.25, -0.2) is 0 Å². The van der Waals surface area contributed by atoms with Crippen molar-refractivity contribution in [2.45, 2.75) is 33.4 Å². The summed E-state index contributed by atoms with van der Waals surface area (Å²) in [4.78, 5) is 32.2. The summed E-state index contributed by atoms with van der Waals surface area (Å²) < 4.78 is 5.72.